The lowest BCUT2D eigenvalue weighted by molar-refractivity contribution is -0.118. The summed E-state index contributed by atoms with van der Waals surface area (Å²) < 4.78 is 32.8. The van der Waals surface area contributed by atoms with Crippen molar-refractivity contribution in [1.29, 1.82) is 0 Å². The van der Waals surface area contributed by atoms with Crippen molar-refractivity contribution in [2.75, 3.05) is 58.3 Å². The van der Waals surface area contributed by atoms with Gasteiger partial charge in [-0.05, 0) is 81.1 Å². The number of hydrogen-bond donors (Lipinski definition) is 0. The molecule has 3 rings (SSSR count). The Morgan fingerprint density at radius 3 is 2.24 bits per heavy atom. The van der Waals surface area contributed by atoms with Crippen molar-refractivity contribution in [2.45, 2.75) is 58.3 Å². The summed E-state index contributed by atoms with van der Waals surface area (Å²) in [5.41, 5.74) is 1.83. The molecular weight excluding hydrogens is 502 g/mol. The highest BCUT2D eigenvalue weighted by Crippen LogP contribution is 2.28. The van der Waals surface area contributed by atoms with Crippen molar-refractivity contribution in [3.63, 3.8) is 0 Å². The van der Waals surface area contributed by atoms with E-state index >= 15 is 0 Å². The first kappa shape index (κ1) is 30.0. The molecular formula is C28H43N5O4S. The van der Waals surface area contributed by atoms with E-state index in [1.165, 1.54) is 11.4 Å². The van der Waals surface area contributed by atoms with Gasteiger partial charge in [-0.1, -0.05) is 13.8 Å². The van der Waals surface area contributed by atoms with Crippen LogP contribution in [0.15, 0.2) is 29.2 Å². The molecule has 0 atom stereocenters. The maximum absolute atomic E-state index is 13.2. The van der Waals surface area contributed by atoms with Gasteiger partial charge in [-0.15, -0.1) is 5.10 Å². The Kier molecular flexibility index (Phi) is 10.6. The Bertz CT molecular complexity index is 1150. The molecule has 2 heterocycles. The third kappa shape index (κ3) is 7.51. The smallest absolute Gasteiger partial charge is 0.243 e. The zero-order chi connectivity index (χ0) is 27.9. The van der Waals surface area contributed by atoms with Crippen LogP contribution in [0.2, 0.25) is 0 Å². The van der Waals surface area contributed by atoms with Crippen LogP contribution in [0.1, 0.15) is 49.9 Å². The summed E-state index contributed by atoms with van der Waals surface area (Å²) in [6.07, 6.45) is 2.52. The van der Waals surface area contributed by atoms with E-state index in [0.29, 0.717) is 22.6 Å². The Hall–Kier alpha value is -2.56. The molecule has 1 aromatic carbocycles. The molecule has 0 aliphatic carbocycles. The van der Waals surface area contributed by atoms with Gasteiger partial charge in [-0.2, -0.15) is 5.10 Å². The van der Waals surface area contributed by atoms with Gasteiger partial charge in [0.1, 0.15) is 11.5 Å². The van der Waals surface area contributed by atoms with Crippen molar-refractivity contribution < 1.29 is 17.9 Å². The van der Waals surface area contributed by atoms with Crippen LogP contribution in [-0.2, 0) is 21.2 Å². The lowest BCUT2D eigenvalue weighted by atomic mass is 9.96. The molecule has 0 radical (unpaired) electrons. The van der Waals surface area contributed by atoms with Crippen LogP contribution in [0.25, 0.3) is 0 Å². The van der Waals surface area contributed by atoms with E-state index in [2.05, 4.69) is 33.8 Å². The van der Waals surface area contributed by atoms with Crippen molar-refractivity contribution in [2.24, 2.45) is 5.92 Å². The summed E-state index contributed by atoms with van der Waals surface area (Å²) in [7, 11) is -0.680. The lowest BCUT2D eigenvalue weighted by Gasteiger charge is -2.34. The minimum absolute atomic E-state index is 0.0745. The molecule has 0 spiro atoms. The zero-order valence-electron chi connectivity index (χ0n) is 23.7. The highest BCUT2D eigenvalue weighted by molar-refractivity contribution is 7.89. The standard InChI is InChI=1S/C28H43N5O4S/c1-7-32(8-2)20-23-11-15-33(16-12-23)27-10-9-24(29-30-27)19-25(34)13-14-31(5)38(35,36)28-21(3)17-26(37-6)18-22(28)4/h9-10,17-18,23H,7-8,11-16,19-20H2,1-6H3. The van der Waals surface area contributed by atoms with Crippen LogP contribution >= 0.6 is 0 Å². The normalized spacial score (nSPS) is 14.9. The molecule has 0 amide bonds. The second kappa shape index (κ2) is 13.5. The first-order valence-corrected chi connectivity index (χ1v) is 15.0. The molecule has 0 N–H and O–H groups in total. The number of benzene rings is 1. The maximum atomic E-state index is 13.2. The number of aromatic nitrogens is 2. The number of sulfonamides is 1. The van der Waals surface area contributed by atoms with Gasteiger partial charge >= 0.3 is 0 Å². The molecule has 10 heteroatoms. The molecule has 1 saturated heterocycles. The third-order valence-corrected chi connectivity index (χ3v) is 9.64. The number of ether oxygens (including phenoxy) is 1. The van der Waals surface area contributed by atoms with Gasteiger partial charge in [0.15, 0.2) is 5.82 Å². The second-order valence-electron chi connectivity index (χ2n) is 10.2. The van der Waals surface area contributed by atoms with Gasteiger partial charge in [0.05, 0.1) is 24.1 Å². The topological polar surface area (TPSA) is 95.9 Å². The van der Waals surface area contributed by atoms with E-state index in [0.717, 1.165) is 57.3 Å². The number of rotatable bonds is 13. The molecule has 1 aromatic heterocycles. The number of aryl methyl sites for hydroxylation is 2. The molecule has 0 saturated carbocycles. The summed E-state index contributed by atoms with van der Waals surface area (Å²) in [5, 5.41) is 8.66. The Labute approximate surface area is 228 Å². The summed E-state index contributed by atoms with van der Waals surface area (Å²) in [5.74, 6) is 2.10. The summed E-state index contributed by atoms with van der Waals surface area (Å²) in [4.78, 5) is 17.6. The van der Waals surface area contributed by atoms with E-state index in [1.54, 1.807) is 33.1 Å². The van der Waals surface area contributed by atoms with E-state index < -0.39 is 10.0 Å². The second-order valence-corrected chi connectivity index (χ2v) is 12.2. The molecule has 1 aliphatic heterocycles. The largest absolute Gasteiger partial charge is 0.497 e. The fourth-order valence-corrected chi connectivity index (χ4v) is 6.67. The summed E-state index contributed by atoms with van der Waals surface area (Å²) in [6.45, 7) is 13.3. The van der Waals surface area contributed by atoms with E-state index in [1.807, 2.05) is 12.1 Å². The highest BCUT2D eigenvalue weighted by Gasteiger charge is 2.26. The van der Waals surface area contributed by atoms with Gasteiger partial charge in [0, 0.05) is 39.6 Å². The van der Waals surface area contributed by atoms with Crippen LogP contribution in [-0.4, -0.2) is 87.0 Å². The fraction of sp³-hybridized carbons (Fsp3) is 0.607. The van der Waals surface area contributed by atoms with Crippen molar-refractivity contribution in [3.8, 4) is 5.75 Å². The fourth-order valence-electron chi connectivity index (χ4n) is 5.09. The van der Waals surface area contributed by atoms with Crippen LogP contribution in [0.5, 0.6) is 5.75 Å². The summed E-state index contributed by atoms with van der Waals surface area (Å²) in [6, 6.07) is 7.20. The number of ketones is 1. The predicted octanol–water partition coefficient (Wildman–Crippen LogP) is 3.48. The minimum Gasteiger partial charge on any atom is -0.497 e. The molecule has 0 bridgehead atoms. The van der Waals surface area contributed by atoms with Gasteiger partial charge in [0.25, 0.3) is 0 Å². The number of hydrogen-bond acceptors (Lipinski definition) is 8. The molecule has 1 aliphatic rings. The Morgan fingerprint density at radius 1 is 1.08 bits per heavy atom. The minimum atomic E-state index is -3.74. The van der Waals surface area contributed by atoms with Gasteiger partial charge in [-0.25, -0.2) is 12.7 Å². The maximum Gasteiger partial charge on any atom is 0.243 e. The average Bonchev–Trinajstić information content (AvgIpc) is 2.90. The Morgan fingerprint density at radius 2 is 1.71 bits per heavy atom. The van der Waals surface area contributed by atoms with Crippen molar-refractivity contribution in [3.05, 3.63) is 41.1 Å². The first-order valence-electron chi connectivity index (χ1n) is 13.5. The van der Waals surface area contributed by atoms with Crippen LogP contribution < -0.4 is 9.64 Å². The number of nitrogens with zero attached hydrogens (tertiary/aromatic N) is 5. The van der Waals surface area contributed by atoms with Crippen LogP contribution in [0.4, 0.5) is 5.82 Å². The summed E-state index contributed by atoms with van der Waals surface area (Å²) >= 11 is 0. The Balaban J connectivity index is 1.50. The monoisotopic (exact) mass is 545 g/mol. The number of carbonyl (C=O) groups is 1. The van der Waals surface area contributed by atoms with Gasteiger partial charge in [0.2, 0.25) is 10.0 Å². The lowest BCUT2D eigenvalue weighted by Crippen LogP contribution is -2.39. The third-order valence-electron chi connectivity index (χ3n) is 7.48. The molecule has 1 fully saturated rings. The molecule has 38 heavy (non-hydrogen) atoms. The first-order chi connectivity index (χ1) is 18.1. The number of carbonyl (C=O) groups excluding carboxylic acids is 1. The highest BCUT2D eigenvalue weighted by atomic mass is 32.2. The van der Waals surface area contributed by atoms with Crippen molar-refractivity contribution in [1.82, 2.24) is 19.4 Å². The van der Waals surface area contributed by atoms with Crippen molar-refractivity contribution >= 4 is 21.6 Å². The molecule has 210 valence electrons. The van der Waals surface area contributed by atoms with Gasteiger partial charge in [-0.3, -0.25) is 4.79 Å². The number of piperidine rings is 1. The SMILES string of the molecule is CCN(CC)CC1CCN(c2ccc(CC(=O)CCN(C)S(=O)(=O)c3c(C)cc(OC)cc3C)nn2)CC1. The molecule has 9 nitrogen and oxygen atoms in total. The zero-order valence-corrected chi connectivity index (χ0v) is 24.6. The molecule has 0 unspecified atom stereocenters. The van der Waals surface area contributed by atoms with Gasteiger partial charge < -0.3 is 14.5 Å². The van der Waals surface area contributed by atoms with E-state index in [9.17, 15) is 13.2 Å². The van der Waals surface area contributed by atoms with E-state index in [-0.39, 0.29) is 30.1 Å². The predicted molar refractivity (Wildman–Crippen MR) is 150 cm³/mol. The quantitative estimate of drug-likeness (QED) is 0.378. The number of methoxy groups -OCH3 is 1. The molecule has 2 aromatic rings. The number of anilines is 1. The number of Topliss-reactive ketones (excluding diaryl/α,β-unsaturated/α-hetero) is 1. The van der Waals surface area contributed by atoms with Crippen LogP contribution in [0, 0.1) is 19.8 Å². The van der Waals surface area contributed by atoms with Crippen LogP contribution in [0.3, 0.4) is 0 Å². The van der Waals surface area contributed by atoms with E-state index in [4.69, 9.17) is 4.74 Å². The average molecular weight is 546 g/mol.